The first-order chi connectivity index (χ1) is 13.4. The lowest BCUT2D eigenvalue weighted by molar-refractivity contribution is -0.199. The third-order valence-electron chi connectivity index (χ3n) is 5.78. The molecule has 0 aromatic rings. The van der Waals surface area contributed by atoms with Gasteiger partial charge >= 0.3 is 6.18 Å². The summed E-state index contributed by atoms with van der Waals surface area (Å²) in [4.78, 5) is 0. The molecule has 10 heteroatoms. The van der Waals surface area contributed by atoms with Crippen LogP contribution >= 0.6 is 0 Å². The van der Waals surface area contributed by atoms with Crippen molar-refractivity contribution in [1.29, 1.82) is 0 Å². The summed E-state index contributed by atoms with van der Waals surface area (Å²) in [5, 5.41) is 16.0. The van der Waals surface area contributed by atoms with Gasteiger partial charge in [-0.05, 0) is 44.4 Å². The van der Waals surface area contributed by atoms with Crippen LogP contribution in [0.2, 0.25) is 0 Å². The molecule has 0 bridgehead atoms. The van der Waals surface area contributed by atoms with Crippen LogP contribution in [-0.4, -0.2) is 50.5 Å². The number of nitrogens with one attached hydrogen (secondary N) is 5. The molecule has 3 unspecified atom stereocenters. The summed E-state index contributed by atoms with van der Waals surface area (Å²) < 4.78 is 55.9. The van der Waals surface area contributed by atoms with Gasteiger partial charge in [0.25, 0.3) is 0 Å². The lowest BCUT2D eigenvalue weighted by Gasteiger charge is -2.41. The van der Waals surface area contributed by atoms with Crippen molar-refractivity contribution in [2.24, 2.45) is 5.92 Å². The van der Waals surface area contributed by atoms with Gasteiger partial charge < -0.3 is 4.74 Å². The molecule has 28 heavy (non-hydrogen) atoms. The van der Waals surface area contributed by atoms with Crippen LogP contribution in [0.1, 0.15) is 57.8 Å². The van der Waals surface area contributed by atoms with E-state index in [2.05, 4.69) is 26.6 Å². The van der Waals surface area contributed by atoms with Crippen LogP contribution in [0.15, 0.2) is 0 Å². The van der Waals surface area contributed by atoms with Crippen LogP contribution in [0.25, 0.3) is 0 Å². The van der Waals surface area contributed by atoms with Crippen molar-refractivity contribution in [3.05, 3.63) is 0 Å². The molecule has 164 valence electrons. The maximum Gasteiger partial charge on any atom is 0.411 e. The van der Waals surface area contributed by atoms with Crippen molar-refractivity contribution in [2.75, 3.05) is 13.2 Å². The molecule has 3 rings (SSSR count). The number of hydrogen-bond donors (Lipinski definition) is 5. The number of hydrogen-bond acceptors (Lipinski definition) is 6. The van der Waals surface area contributed by atoms with Crippen molar-refractivity contribution in [2.45, 2.75) is 95.1 Å². The minimum absolute atomic E-state index is 0.334. The fourth-order valence-corrected chi connectivity index (χ4v) is 4.22. The normalized spacial score (nSPS) is 35.8. The van der Waals surface area contributed by atoms with E-state index in [1.807, 2.05) is 0 Å². The zero-order valence-corrected chi connectivity index (χ0v) is 16.2. The van der Waals surface area contributed by atoms with Crippen molar-refractivity contribution in [3.63, 3.8) is 0 Å². The quantitative estimate of drug-likeness (QED) is 0.414. The minimum Gasteiger partial charge on any atom is -0.340 e. The van der Waals surface area contributed by atoms with Gasteiger partial charge in [-0.2, -0.15) is 13.2 Å². The molecule has 3 atom stereocenters. The van der Waals surface area contributed by atoms with Crippen molar-refractivity contribution in [1.82, 2.24) is 26.6 Å². The topological polar surface area (TPSA) is 69.4 Å². The zero-order valence-electron chi connectivity index (χ0n) is 16.2. The summed E-state index contributed by atoms with van der Waals surface area (Å²) >= 11 is 0. The van der Waals surface area contributed by atoms with Crippen LogP contribution in [0.5, 0.6) is 0 Å². The van der Waals surface area contributed by atoms with E-state index in [0.717, 1.165) is 38.5 Å². The standard InChI is InChI=1S/C18H33F4N5O/c19-13-8-6-12(7-9-13)10-23-15-25-16(24-14-4-2-1-3-5-14)27-17(26-15)28-11-18(20,21)22/h12-17,23-27H,1-11H2. The van der Waals surface area contributed by atoms with Crippen molar-refractivity contribution < 1.29 is 22.3 Å². The Morgan fingerprint density at radius 1 is 0.857 bits per heavy atom. The van der Waals surface area contributed by atoms with E-state index >= 15 is 0 Å². The Labute approximate surface area is 163 Å². The lowest BCUT2D eigenvalue weighted by Crippen LogP contribution is -2.76. The summed E-state index contributed by atoms with van der Waals surface area (Å²) in [6, 6.07) is 0.334. The van der Waals surface area contributed by atoms with E-state index in [1.54, 1.807) is 0 Å². The van der Waals surface area contributed by atoms with E-state index < -0.39 is 31.6 Å². The fraction of sp³-hybridized carbons (Fsp3) is 1.00. The Morgan fingerprint density at radius 3 is 2.21 bits per heavy atom. The molecular weight excluding hydrogens is 378 g/mol. The molecule has 1 aliphatic heterocycles. The van der Waals surface area contributed by atoms with Gasteiger partial charge in [0, 0.05) is 12.6 Å². The molecule has 0 radical (unpaired) electrons. The SMILES string of the molecule is FC1CCC(CNC2NC(NC3CCCCC3)NC(OCC(F)(F)F)N2)CC1. The smallest absolute Gasteiger partial charge is 0.340 e. The number of ether oxygens (including phenoxy) is 1. The summed E-state index contributed by atoms with van der Waals surface area (Å²) in [6.07, 6.45) is 1.74. The van der Waals surface area contributed by atoms with Crippen molar-refractivity contribution in [3.8, 4) is 0 Å². The molecule has 6 nitrogen and oxygen atoms in total. The van der Waals surface area contributed by atoms with Crippen LogP contribution in [-0.2, 0) is 4.74 Å². The second-order valence-electron chi connectivity index (χ2n) is 8.20. The van der Waals surface area contributed by atoms with E-state index in [-0.39, 0.29) is 6.29 Å². The number of halogens is 4. The molecule has 2 saturated carbocycles. The van der Waals surface area contributed by atoms with Gasteiger partial charge in [0.15, 0.2) is 6.35 Å². The fourth-order valence-electron chi connectivity index (χ4n) is 4.22. The van der Waals surface area contributed by atoms with E-state index in [4.69, 9.17) is 4.74 Å². The number of alkyl halides is 4. The van der Waals surface area contributed by atoms with Gasteiger partial charge in [0.05, 0.1) is 0 Å². The van der Waals surface area contributed by atoms with Gasteiger partial charge in [0.1, 0.15) is 25.4 Å². The third kappa shape index (κ3) is 7.72. The van der Waals surface area contributed by atoms with Gasteiger partial charge in [-0.1, -0.05) is 19.3 Å². The second kappa shape index (κ2) is 10.5. The predicted molar refractivity (Wildman–Crippen MR) is 97.6 cm³/mol. The largest absolute Gasteiger partial charge is 0.411 e. The maximum atomic E-state index is 13.3. The molecular formula is C18H33F4N5O. The monoisotopic (exact) mass is 411 g/mol. The van der Waals surface area contributed by atoms with Crippen LogP contribution in [0.3, 0.4) is 0 Å². The highest BCUT2D eigenvalue weighted by Crippen LogP contribution is 2.25. The summed E-state index contributed by atoms with van der Waals surface area (Å²) in [7, 11) is 0. The van der Waals surface area contributed by atoms with E-state index in [9.17, 15) is 17.6 Å². The zero-order chi connectivity index (χ0) is 20.0. The van der Waals surface area contributed by atoms with Crippen LogP contribution in [0.4, 0.5) is 17.6 Å². The predicted octanol–water partition coefficient (Wildman–Crippen LogP) is 2.24. The Bertz CT molecular complexity index is 456. The molecule has 3 fully saturated rings. The molecule has 2 aliphatic carbocycles. The van der Waals surface area contributed by atoms with Gasteiger partial charge in [-0.25, -0.2) is 4.39 Å². The molecule has 1 saturated heterocycles. The van der Waals surface area contributed by atoms with Crippen LogP contribution < -0.4 is 26.6 Å². The Hall–Kier alpha value is -0.520. The average Bonchev–Trinajstić information content (AvgIpc) is 2.66. The van der Waals surface area contributed by atoms with Crippen molar-refractivity contribution >= 4 is 0 Å². The summed E-state index contributed by atoms with van der Waals surface area (Å²) in [5.74, 6) is 0.379. The van der Waals surface area contributed by atoms with E-state index in [1.165, 1.54) is 6.42 Å². The Kier molecular flexibility index (Phi) is 8.31. The lowest BCUT2D eigenvalue weighted by atomic mass is 9.88. The second-order valence-corrected chi connectivity index (χ2v) is 8.20. The Morgan fingerprint density at radius 2 is 1.54 bits per heavy atom. The minimum atomic E-state index is -4.38. The highest BCUT2D eigenvalue weighted by atomic mass is 19.4. The van der Waals surface area contributed by atoms with Gasteiger partial charge in [-0.3, -0.25) is 26.6 Å². The van der Waals surface area contributed by atoms with Gasteiger partial charge in [0.2, 0.25) is 0 Å². The van der Waals surface area contributed by atoms with Crippen LogP contribution in [0, 0.1) is 5.92 Å². The first-order valence-corrected chi connectivity index (χ1v) is 10.5. The molecule has 0 amide bonds. The summed E-state index contributed by atoms with van der Waals surface area (Å²) in [6.45, 7) is -0.638. The molecule has 0 aromatic heterocycles. The third-order valence-corrected chi connectivity index (χ3v) is 5.78. The molecule has 5 N–H and O–H groups in total. The molecule has 3 aliphatic rings. The first-order valence-electron chi connectivity index (χ1n) is 10.5. The number of rotatable bonds is 7. The average molecular weight is 411 g/mol. The van der Waals surface area contributed by atoms with E-state index in [0.29, 0.717) is 31.3 Å². The first kappa shape index (κ1) is 22.2. The summed E-state index contributed by atoms with van der Waals surface area (Å²) in [5.41, 5.74) is 0. The van der Waals surface area contributed by atoms with Gasteiger partial charge in [-0.15, -0.1) is 0 Å². The highest BCUT2D eigenvalue weighted by Gasteiger charge is 2.34. The molecule has 1 heterocycles. The maximum absolute atomic E-state index is 13.3. The molecule has 0 spiro atoms. The molecule has 0 aromatic carbocycles. The highest BCUT2D eigenvalue weighted by molar-refractivity contribution is 4.83. The Balaban J connectivity index is 1.49.